The summed E-state index contributed by atoms with van der Waals surface area (Å²) in [4.78, 5) is 13.9. The van der Waals surface area contributed by atoms with Crippen LogP contribution in [0, 0.1) is 11.8 Å². The van der Waals surface area contributed by atoms with Crippen molar-refractivity contribution in [2.45, 2.75) is 58.1 Å². The second-order valence-corrected chi connectivity index (χ2v) is 6.80. The van der Waals surface area contributed by atoms with Crippen molar-refractivity contribution in [3.05, 3.63) is 0 Å². The van der Waals surface area contributed by atoms with Gasteiger partial charge in [0.15, 0.2) is 0 Å². The molecule has 4 heteroatoms. The van der Waals surface area contributed by atoms with Gasteiger partial charge < -0.3 is 15.4 Å². The van der Waals surface area contributed by atoms with E-state index in [1.54, 1.807) is 0 Å². The van der Waals surface area contributed by atoms with E-state index in [0.717, 1.165) is 38.8 Å². The Morgan fingerprint density at radius 1 is 1.17 bits per heavy atom. The van der Waals surface area contributed by atoms with E-state index in [2.05, 4.69) is 0 Å². The van der Waals surface area contributed by atoms with Crippen molar-refractivity contribution in [1.29, 1.82) is 0 Å². The van der Waals surface area contributed by atoms with Crippen LogP contribution in [0.3, 0.4) is 0 Å². The van der Waals surface area contributed by atoms with Crippen LogP contribution in [0.5, 0.6) is 0 Å². The Hall–Kier alpha value is -0.770. The van der Waals surface area contributed by atoms with Gasteiger partial charge in [-0.2, -0.15) is 0 Å². The van der Waals surface area contributed by atoms with Gasteiger partial charge in [-0.15, -0.1) is 0 Å². The maximum atomic E-state index is 12.0. The third-order valence-corrected chi connectivity index (χ3v) is 4.07. The molecule has 104 valence electrons. The Bertz CT molecular complexity index is 295. The largest absolute Gasteiger partial charge is 0.444 e. The highest BCUT2D eigenvalue weighted by molar-refractivity contribution is 5.68. The zero-order chi connectivity index (χ0) is 13.3. The Morgan fingerprint density at radius 2 is 1.67 bits per heavy atom. The molecule has 18 heavy (non-hydrogen) atoms. The van der Waals surface area contributed by atoms with E-state index >= 15 is 0 Å². The molecule has 0 bridgehead atoms. The van der Waals surface area contributed by atoms with Crippen LogP contribution in [0.15, 0.2) is 0 Å². The number of hydrogen-bond acceptors (Lipinski definition) is 3. The molecule has 2 fully saturated rings. The first-order valence-corrected chi connectivity index (χ1v) is 7.08. The van der Waals surface area contributed by atoms with Gasteiger partial charge in [0.1, 0.15) is 5.60 Å². The second-order valence-electron chi connectivity index (χ2n) is 6.80. The average molecular weight is 254 g/mol. The molecule has 0 aromatic carbocycles. The summed E-state index contributed by atoms with van der Waals surface area (Å²) in [5.41, 5.74) is 5.62. The number of fused-ring (bicyclic) bond motifs is 1. The van der Waals surface area contributed by atoms with Crippen LogP contribution in [0.1, 0.15) is 46.5 Å². The SMILES string of the molecule is CC(C)(C)OC(=O)N1CCC2CC(N)CC2CC1. The van der Waals surface area contributed by atoms with E-state index < -0.39 is 5.60 Å². The maximum Gasteiger partial charge on any atom is 0.410 e. The quantitative estimate of drug-likeness (QED) is 0.722. The van der Waals surface area contributed by atoms with Crippen molar-refractivity contribution < 1.29 is 9.53 Å². The molecule has 1 saturated carbocycles. The highest BCUT2D eigenvalue weighted by Gasteiger charge is 2.35. The van der Waals surface area contributed by atoms with Gasteiger partial charge in [0, 0.05) is 19.1 Å². The van der Waals surface area contributed by atoms with Crippen molar-refractivity contribution in [1.82, 2.24) is 4.90 Å². The number of amides is 1. The molecule has 0 spiro atoms. The van der Waals surface area contributed by atoms with Gasteiger partial charge in [0.05, 0.1) is 0 Å². The predicted octanol–water partition coefficient (Wildman–Crippen LogP) is 2.37. The Balaban J connectivity index is 1.89. The fourth-order valence-electron chi connectivity index (χ4n) is 3.23. The van der Waals surface area contributed by atoms with Crippen molar-refractivity contribution in [2.75, 3.05) is 13.1 Å². The normalized spacial score (nSPS) is 32.9. The third-order valence-electron chi connectivity index (χ3n) is 4.07. The van der Waals surface area contributed by atoms with E-state index in [0.29, 0.717) is 17.9 Å². The first kappa shape index (κ1) is 13.7. The highest BCUT2D eigenvalue weighted by Crippen LogP contribution is 2.37. The lowest BCUT2D eigenvalue weighted by Crippen LogP contribution is -2.37. The predicted molar refractivity (Wildman–Crippen MR) is 71.2 cm³/mol. The number of nitrogens with two attached hydrogens (primary N) is 1. The molecule has 0 radical (unpaired) electrons. The highest BCUT2D eigenvalue weighted by atomic mass is 16.6. The molecule has 2 N–H and O–H groups in total. The van der Waals surface area contributed by atoms with Crippen LogP contribution in [0.4, 0.5) is 4.79 Å². The Morgan fingerprint density at radius 3 is 2.11 bits per heavy atom. The Kier molecular flexibility index (Phi) is 3.85. The molecular weight excluding hydrogens is 228 g/mol. The minimum atomic E-state index is -0.401. The molecule has 1 heterocycles. The molecule has 1 saturated heterocycles. The number of carbonyl (C=O) groups excluding carboxylic acids is 1. The number of likely N-dealkylation sites (tertiary alicyclic amines) is 1. The van der Waals surface area contributed by atoms with Crippen molar-refractivity contribution in [3.8, 4) is 0 Å². The van der Waals surface area contributed by atoms with Crippen LogP contribution in [-0.2, 0) is 4.74 Å². The standard InChI is InChI=1S/C14H26N2O2/c1-14(2,3)18-13(17)16-6-4-10-8-12(15)9-11(10)5-7-16/h10-12H,4-9,15H2,1-3H3. The van der Waals surface area contributed by atoms with Crippen molar-refractivity contribution in [2.24, 2.45) is 17.6 Å². The van der Waals surface area contributed by atoms with Crippen LogP contribution in [0.25, 0.3) is 0 Å². The van der Waals surface area contributed by atoms with Crippen molar-refractivity contribution in [3.63, 3.8) is 0 Å². The first-order chi connectivity index (χ1) is 8.35. The van der Waals surface area contributed by atoms with E-state index in [-0.39, 0.29) is 6.09 Å². The van der Waals surface area contributed by atoms with E-state index in [9.17, 15) is 4.79 Å². The fraction of sp³-hybridized carbons (Fsp3) is 0.929. The average Bonchev–Trinajstić information content (AvgIpc) is 2.45. The summed E-state index contributed by atoms with van der Waals surface area (Å²) < 4.78 is 5.44. The summed E-state index contributed by atoms with van der Waals surface area (Å²) in [6.45, 7) is 7.38. The second kappa shape index (κ2) is 5.08. The molecule has 4 nitrogen and oxygen atoms in total. The summed E-state index contributed by atoms with van der Waals surface area (Å²) in [6.07, 6.45) is 4.27. The molecule has 2 atom stereocenters. The van der Waals surface area contributed by atoms with E-state index in [1.807, 2.05) is 25.7 Å². The minimum absolute atomic E-state index is 0.160. The number of ether oxygens (including phenoxy) is 1. The van der Waals surface area contributed by atoms with Gasteiger partial charge in [-0.05, 0) is 58.3 Å². The first-order valence-electron chi connectivity index (χ1n) is 7.08. The molecule has 1 amide bonds. The number of carbonyl (C=O) groups is 1. The van der Waals surface area contributed by atoms with Crippen LogP contribution < -0.4 is 5.73 Å². The molecule has 2 unspecified atom stereocenters. The Labute approximate surface area is 110 Å². The summed E-state index contributed by atoms with van der Waals surface area (Å²) in [6, 6.07) is 0.382. The van der Waals surface area contributed by atoms with Gasteiger partial charge >= 0.3 is 6.09 Å². The minimum Gasteiger partial charge on any atom is -0.444 e. The molecule has 2 rings (SSSR count). The van der Waals surface area contributed by atoms with Crippen LogP contribution >= 0.6 is 0 Å². The molecule has 2 aliphatic rings. The molecule has 1 aliphatic heterocycles. The summed E-state index contributed by atoms with van der Waals surface area (Å²) in [5, 5.41) is 0. The number of hydrogen-bond donors (Lipinski definition) is 1. The van der Waals surface area contributed by atoms with Gasteiger partial charge in [0.2, 0.25) is 0 Å². The molecule has 1 aliphatic carbocycles. The van der Waals surface area contributed by atoms with Crippen LogP contribution in [-0.4, -0.2) is 35.7 Å². The summed E-state index contributed by atoms with van der Waals surface area (Å²) in [5.74, 6) is 1.43. The van der Waals surface area contributed by atoms with Gasteiger partial charge in [-0.3, -0.25) is 0 Å². The lowest BCUT2D eigenvalue weighted by molar-refractivity contribution is 0.0253. The zero-order valence-corrected chi connectivity index (χ0v) is 11.8. The zero-order valence-electron chi connectivity index (χ0n) is 11.8. The lowest BCUT2D eigenvalue weighted by Gasteiger charge is -2.26. The number of nitrogens with zero attached hydrogens (tertiary/aromatic N) is 1. The molecular formula is C14H26N2O2. The summed E-state index contributed by atoms with van der Waals surface area (Å²) >= 11 is 0. The third kappa shape index (κ3) is 3.37. The summed E-state index contributed by atoms with van der Waals surface area (Å²) in [7, 11) is 0. The van der Waals surface area contributed by atoms with Gasteiger partial charge in [-0.1, -0.05) is 0 Å². The van der Waals surface area contributed by atoms with E-state index in [4.69, 9.17) is 10.5 Å². The molecule has 0 aromatic heterocycles. The lowest BCUT2D eigenvalue weighted by atomic mass is 9.92. The fourth-order valence-corrected chi connectivity index (χ4v) is 3.23. The van der Waals surface area contributed by atoms with Gasteiger partial charge in [0.25, 0.3) is 0 Å². The maximum absolute atomic E-state index is 12.0. The van der Waals surface area contributed by atoms with Crippen LogP contribution in [0.2, 0.25) is 0 Å². The number of rotatable bonds is 0. The smallest absolute Gasteiger partial charge is 0.410 e. The van der Waals surface area contributed by atoms with Crippen molar-refractivity contribution >= 4 is 6.09 Å². The monoisotopic (exact) mass is 254 g/mol. The molecule has 0 aromatic rings. The topological polar surface area (TPSA) is 55.6 Å². The van der Waals surface area contributed by atoms with E-state index in [1.165, 1.54) is 0 Å². The van der Waals surface area contributed by atoms with Gasteiger partial charge in [-0.25, -0.2) is 4.79 Å².